The van der Waals surface area contributed by atoms with Gasteiger partial charge in [-0.3, -0.25) is 4.79 Å². The molecule has 1 aliphatic carbocycles. The number of nitrogen functional groups attached to an aromatic ring is 1. The minimum absolute atomic E-state index is 0.118. The second-order valence-electron chi connectivity index (χ2n) is 4.99. The summed E-state index contributed by atoms with van der Waals surface area (Å²) in [5.74, 6) is 0.184. The van der Waals surface area contributed by atoms with Gasteiger partial charge in [-0.15, -0.1) is 0 Å². The molecule has 1 atom stereocenters. The van der Waals surface area contributed by atoms with Crippen LogP contribution in [0, 0.1) is 0 Å². The highest BCUT2D eigenvalue weighted by atomic mass is 32.1. The lowest BCUT2D eigenvalue weighted by Crippen LogP contribution is -2.35. The minimum Gasteiger partial charge on any atom is -0.382 e. The Labute approximate surface area is 117 Å². The molecule has 104 valence electrons. The maximum Gasteiger partial charge on any atom is 0.265 e. The SMILES string of the molecule is CC(C)Nc1nc(N)c(C(=O)NC2CC=CCC2)s1. The summed E-state index contributed by atoms with van der Waals surface area (Å²) in [6.07, 6.45) is 7.15. The molecule has 1 amide bonds. The molecule has 1 aromatic heterocycles. The number of allylic oxidation sites excluding steroid dienone is 1. The molecule has 4 N–H and O–H groups in total. The Morgan fingerprint density at radius 3 is 2.95 bits per heavy atom. The van der Waals surface area contributed by atoms with E-state index in [9.17, 15) is 4.79 Å². The lowest BCUT2D eigenvalue weighted by atomic mass is 10.0. The minimum atomic E-state index is -0.118. The van der Waals surface area contributed by atoms with Crippen LogP contribution in [0.5, 0.6) is 0 Å². The van der Waals surface area contributed by atoms with E-state index in [1.54, 1.807) is 0 Å². The molecule has 6 heteroatoms. The maximum atomic E-state index is 12.2. The van der Waals surface area contributed by atoms with Crippen LogP contribution < -0.4 is 16.4 Å². The Hall–Kier alpha value is -1.56. The van der Waals surface area contributed by atoms with E-state index in [4.69, 9.17) is 5.73 Å². The molecule has 0 saturated heterocycles. The summed E-state index contributed by atoms with van der Waals surface area (Å²) in [6.45, 7) is 4.04. The fourth-order valence-corrected chi connectivity index (χ4v) is 2.91. The fourth-order valence-electron chi connectivity index (χ4n) is 1.98. The molecule has 1 aliphatic rings. The zero-order valence-corrected chi connectivity index (χ0v) is 12.1. The summed E-state index contributed by atoms with van der Waals surface area (Å²) >= 11 is 1.31. The van der Waals surface area contributed by atoms with Crippen LogP contribution in [0.25, 0.3) is 0 Å². The Balaban J connectivity index is 2.02. The number of nitrogens with zero attached hydrogens (tertiary/aromatic N) is 1. The first kappa shape index (κ1) is 13.9. The lowest BCUT2D eigenvalue weighted by Gasteiger charge is -2.18. The summed E-state index contributed by atoms with van der Waals surface area (Å²) < 4.78 is 0. The summed E-state index contributed by atoms with van der Waals surface area (Å²) in [5, 5.41) is 6.87. The molecule has 0 saturated carbocycles. The molecule has 5 nitrogen and oxygen atoms in total. The third kappa shape index (κ3) is 3.70. The molecule has 19 heavy (non-hydrogen) atoms. The maximum absolute atomic E-state index is 12.2. The van der Waals surface area contributed by atoms with E-state index in [1.165, 1.54) is 11.3 Å². The van der Waals surface area contributed by atoms with E-state index in [0.717, 1.165) is 19.3 Å². The number of thiazole rings is 1. The number of nitrogens with two attached hydrogens (primary N) is 1. The van der Waals surface area contributed by atoms with Gasteiger partial charge >= 0.3 is 0 Å². The highest BCUT2D eigenvalue weighted by molar-refractivity contribution is 7.18. The van der Waals surface area contributed by atoms with E-state index in [2.05, 4.69) is 27.8 Å². The van der Waals surface area contributed by atoms with E-state index < -0.39 is 0 Å². The number of hydrogen-bond donors (Lipinski definition) is 3. The highest BCUT2D eigenvalue weighted by Gasteiger charge is 2.20. The van der Waals surface area contributed by atoms with Crippen molar-refractivity contribution < 1.29 is 4.79 Å². The average Bonchev–Trinajstić information content (AvgIpc) is 2.70. The number of amides is 1. The first-order valence-corrected chi connectivity index (χ1v) is 7.36. The second kappa shape index (κ2) is 6.06. The molecule has 1 unspecified atom stereocenters. The first-order valence-electron chi connectivity index (χ1n) is 6.55. The van der Waals surface area contributed by atoms with Gasteiger partial charge in [-0.1, -0.05) is 23.5 Å². The summed E-state index contributed by atoms with van der Waals surface area (Å²) in [4.78, 5) is 16.8. The van der Waals surface area contributed by atoms with Gasteiger partial charge in [-0.2, -0.15) is 0 Å². The number of rotatable bonds is 4. The van der Waals surface area contributed by atoms with Gasteiger partial charge in [0, 0.05) is 12.1 Å². The van der Waals surface area contributed by atoms with Crippen molar-refractivity contribution >= 4 is 28.2 Å². The van der Waals surface area contributed by atoms with Gasteiger partial charge in [0.05, 0.1) is 0 Å². The topological polar surface area (TPSA) is 80.0 Å². The molecule has 0 aliphatic heterocycles. The van der Waals surface area contributed by atoms with E-state index in [1.807, 2.05) is 13.8 Å². The van der Waals surface area contributed by atoms with Crippen LogP contribution in [-0.4, -0.2) is 23.0 Å². The Morgan fingerprint density at radius 1 is 1.53 bits per heavy atom. The third-order valence-corrected chi connectivity index (χ3v) is 3.88. The second-order valence-corrected chi connectivity index (χ2v) is 5.99. The van der Waals surface area contributed by atoms with Crippen molar-refractivity contribution in [2.45, 2.75) is 45.2 Å². The monoisotopic (exact) mass is 280 g/mol. The Morgan fingerprint density at radius 2 is 2.32 bits per heavy atom. The molecule has 0 radical (unpaired) electrons. The Kier molecular flexibility index (Phi) is 4.42. The zero-order valence-electron chi connectivity index (χ0n) is 11.3. The summed E-state index contributed by atoms with van der Waals surface area (Å²) in [5.41, 5.74) is 5.81. The van der Waals surface area contributed by atoms with Gasteiger partial charge in [0.2, 0.25) is 0 Å². The smallest absolute Gasteiger partial charge is 0.265 e. The lowest BCUT2D eigenvalue weighted by molar-refractivity contribution is 0.0939. The molecule has 2 rings (SSSR count). The molecular formula is C13H20N4OS. The molecular weight excluding hydrogens is 260 g/mol. The van der Waals surface area contributed by atoms with Gasteiger partial charge < -0.3 is 16.4 Å². The van der Waals surface area contributed by atoms with Crippen LogP contribution in [0.1, 0.15) is 42.8 Å². The van der Waals surface area contributed by atoms with Gasteiger partial charge in [0.15, 0.2) is 5.13 Å². The molecule has 0 bridgehead atoms. The quantitative estimate of drug-likeness (QED) is 0.740. The summed E-state index contributed by atoms with van der Waals surface area (Å²) in [7, 11) is 0. The number of carbonyl (C=O) groups excluding carboxylic acids is 1. The number of hydrogen-bond acceptors (Lipinski definition) is 5. The first-order chi connectivity index (χ1) is 9.06. The normalized spacial score (nSPS) is 18.6. The molecule has 0 fully saturated rings. The van der Waals surface area contributed by atoms with Crippen molar-refractivity contribution in [2.24, 2.45) is 0 Å². The molecule has 1 aromatic rings. The van der Waals surface area contributed by atoms with Crippen molar-refractivity contribution in [1.82, 2.24) is 10.3 Å². The van der Waals surface area contributed by atoms with Crippen LogP contribution in [0.15, 0.2) is 12.2 Å². The van der Waals surface area contributed by atoms with E-state index >= 15 is 0 Å². The molecule has 0 spiro atoms. The Bertz CT molecular complexity index is 481. The van der Waals surface area contributed by atoms with Gasteiger partial charge in [-0.25, -0.2) is 4.98 Å². The zero-order chi connectivity index (χ0) is 13.8. The molecule has 1 heterocycles. The number of nitrogens with one attached hydrogen (secondary N) is 2. The van der Waals surface area contributed by atoms with E-state index in [0.29, 0.717) is 15.8 Å². The van der Waals surface area contributed by atoms with Crippen LogP contribution in [0.3, 0.4) is 0 Å². The largest absolute Gasteiger partial charge is 0.382 e. The van der Waals surface area contributed by atoms with Crippen molar-refractivity contribution in [3.63, 3.8) is 0 Å². The van der Waals surface area contributed by atoms with Crippen molar-refractivity contribution in [3.8, 4) is 0 Å². The third-order valence-electron chi connectivity index (χ3n) is 2.88. The van der Waals surface area contributed by atoms with Crippen molar-refractivity contribution in [2.75, 3.05) is 11.1 Å². The van der Waals surface area contributed by atoms with Gasteiger partial charge in [0.1, 0.15) is 10.7 Å². The van der Waals surface area contributed by atoms with E-state index in [-0.39, 0.29) is 18.0 Å². The van der Waals surface area contributed by atoms with Crippen molar-refractivity contribution in [3.05, 3.63) is 17.0 Å². The van der Waals surface area contributed by atoms with Gasteiger partial charge in [-0.05, 0) is 33.1 Å². The van der Waals surface area contributed by atoms with Crippen LogP contribution in [0.2, 0.25) is 0 Å². The molecule has 0 aromatic carbocycles. The average molecular weight is 280 g/mol. The van der Waals surface area contributed by atoms with Crippen LogP contribution >= 0.6 is 11.3 Å². The predicted octanol–water partition coefficient (Wildman–Crippen LogP) is 2.38. The number of carbonyl (C=O) groups is 1. The highest BCUT2D eigenvalue weighted by Crippen LogP contribution is 2.25. The van der Waals surface area contributed by atoms with Gasteiger partial charge in [0.25, 0.3) is 5.91 Å². The number of aromatic nitrogens is 1. The summed E-state index contributed by atoms with van der Waals surface area (Å²) in [6, 6.07) is 0.477. The van der Waals surface area contributed by atoms with Crippen LogP contribution in [-0.2, 0) is 0 Å². The van der Waals surface area contributed by atoms with Crippen molar-refractivity contribution in [1.29, 1.82) is 0 Å². The standard InChI is InChI=1S/C13H20N4OS/c1-8(2)15-13-17-11(14)10(19-13)12(18)16-9-6-4-3-5-7-9/h3-4,8-9H,5-7,14H2,1-2H3,(H,15,17)(H,16,18). The predicted molar refractivity (Wildman–Crippen MR) is 79.5 cm³/mol. The number of anilines is 2. The fraction of sp³-hybridized carbons (Fsp3) is 0.538. The van der Waals surface area contributed by atoms with Crippen LogP contribution in [0.4, 0.5) is 10.9 Å².